The molecule has 9 heteroatoms. The maximum Gasteiger partial charge on any atom is 0.485 e. The summed E-state index contributed by atoms with van der Waals surface area (Å²) in [5.41, 5.74) is -5.65. The highest BCUT2D eigenvalue weighted by molar-refractivity contribution is 9.09. The van der Waals surface area contributed by atoms with E-state index in [0.29, 0.717) is 0 Å². The fraction of sp³-hybridized carbons (Fsp3) is 0.200. The molecule has 0 heterocycles. The predicted molar refractivity (Wildman–Crippen MR) is 91.2 cm³/mol. The molecule has 0 saturated carbocycles. The lowest BCUT2D eigenvalue weighted by Gasteiger charge is -2.08. The van der Waals surface area contributed by atoms with Crippen molar-refractivity contribution in [3.05, 3.63) is 60.7 Å². The lowest BCUT2D eigenvalue weighted by Crippen LogP contribution is -2.21. The molecule has 2 aromatic carbocycles. The Kier molecular flexibility index (Phi) is 8.28. The standard InChI is InChI=1S/C14H14BrS.CHF3O3S/c15-11-12-16(13-7-3-1-4-8-13)14-9-5-2-6-10-14;2-1(3,4)8(5,6)7/h1-10H,11-12H2;(H,5,6,7)/q+1;/p-1. The smallest absolute Gasteiger partial charge is 0.485 e. The third kappa shape index (κ3) is 6.84. The average molecular weight is 443 g/mol. The monoisotopic (exact) mass is 442 g/mol. The zero-order valence-electron chi connectivity index (χ0n) is 12.2. The highest BCUT2D eigenvalue weighted by Gasteiger charge is 2.36. The first-order valence-electron chi connectivity index (χ1n) is 6.56. The van der Waals surface area contributed by atoms with E-state index in [1.165, 1.54) is 9.79 Å². The Morgan fingerprint density at radius 3 is 1.50 bits per heavy atom. The van der Waals surface area contributed by atoms with Crippen LogP contribution in [0, 0.1) is 0 Å². The van der Waals surface area contributed by atoms with Crippen LogP contribution in [-0.4, -0.2) is 29.6 Å². The lowest BCUT2D eigenvalue weighted by atomic mass is 10.4. The van der Waals surface area contributed by atoms with E-state index >= 15 is 0 Å². The van der Waals surface area contributed by atoms with Gasteiger partial charge >= 0.3 is 5.51 Å². The molecule has 132 valence electrons. The first-order valence-corrected chi connectivity index (χ1v) is 10.5. The van der Waals surface area contributed by atoms with Crippen LogP contribution in [0.15, 0.2) is 70.5 Å². The van der Waals surface area contributed by atoms with Crippen LogP contribution in [0.5, 0.6) is 0 Å². The third-order valence-electron chi connectivity index (χ3n) is 2.62. The Morgan fingerprint density at radius 2 is 1.25 bits per heavy atom. The van der Waals surface area contributed by atoms with Gasteiger partial charge in [-0.1, -0.05) is 52.3 Å². The van der Waals surface area contributed by atoms with Gasteiger partial charge in [0.05, 0.1) is 10.9 Å². The number of hydrogen-bond acceptors (Lipinski definition) is 3. The summed E-state index contributed by atoms with van der Waals surface area (Å²) in [5, 5.41) is 1.04. The Bertz CT molecular complexity index is 668. The van der Waals surface area contributed by atoms with Crippen LogP contribution in [0.3, 0.4) is 0 Å². The molecule has 0 aromatic heterocycles. The molecule has 0 bridgehead atoms. The second-order valence-electron chi connectivity index (χ2n) is 4.31. The number of hydrogen-bond donors (Lipinski definition) is 0. The Hall–Kier alpha value is -1.03. The first-order chi connectivity index (χ1) is 11.2. The van der Waals surface area contributed by atoms with Crippen LogP contribution >= 0.6 is 15.9 Å². The quantitative estimate of drug-likeness (QED) is 0.309. The van der Waals surface area contributed by atoms with Gasteiger partial charge in [-0.3, -0.25) is 0 Å². The van der Waals surface area contributed by atoms with E-state index in [-0.39, 0.29) is 10.9 Å². The molecule has 0 aliphatic rings. The molecule has 2 aromatic rings. The fourth-order valence-electron chi connectivity index (χ4n) is 1.62. The lowest BCUT2D eigenvalue weighted by molar-refractivity contribution is -0.0517. The molecule has 0 N–H and O–H groups in total. The van der Waals surface area contributed by atoms with Gasteiger partial charge in [0.15, 0.2) is 19.9 Å². The van der Waals surface area contributed by atoms with Crippen LogP contribution in [-0.2, 0) is 21.0 Å². The van der Waals surface area contributed by atoms with Crippen molar-refractivity contribution in [3.63, 3.8) is 0 Å². The minimum Gasteiger partial charge on any atom is -0.741 e. The van der Waals surface area contributed by atoms with Crippen LogP contribution in [0.4, 0.5) is 13.2 Å². The normalized spacial score (nSPS) is 11.8. The van der Waals surface area contributed by atoms with Gasteiger partial charge in [-0.15, -0.1) is 0 Å². The average Bonchev–Trinajstić information content (AvgIpc) is 2.53. The Balaban J connectivity index is 0.000000307. The summed E-state index contributed by atoms with van der Waals surface area (Å²) in [6.07, 6.45) is 0. The number of halogens is 4. The van der Waals surface area contributed by atoms with E-state index in [9.17, 15) is 13.2 Å². The summed E-state index contributed by atoms with van der Waals surface area (Å²) in [6, 6.07) is 21.5. The molecule has 0 unspecified atom stereocenters. The maximum atomic E-state index is 10.7. The minimum atomic E-state index is -6.09. The molecule has 0 amide bonds. The van der Waals surface area contributed by atoms with Gasteiger partial charge in [0.1, 0.15) is 5.75 Å². The van der Waals surface area contributed by atoms with Gasteiger partial charge in [-0.2, -0.15) is 13.2 Å². The largest absolute Gasteiger partial charge is 0.741 e. The molecule has 0 aliphatic carbocycles. The van der Waals surface area contributed by atoms with E-state index in [1.807, 2.05) is 0 Å². The molecule has 0 radical (unpaired) electrons. The summed E-state index contributed by atoms with van der Waals surface area (Å²) in [6.45, 7) is 0. The van der Waals surface area contributed by atoms with E-state index in [0.717, 1.165) is 11.1 Å². The number of rotatable bonds is 4. The molecular weight excluding hydrogens is 429 g/mol. The molecule has 0 fully saturated rings. The summed E-state index contributed by atoms with van der Waals surface area (Å²) in [4.78, 5) is 2.85. The van der Waals surface area contributed by atoms with Crippen LogP contribution in [0.25, 0.3) is 0 Å². The van der Waals surface area contributed by atoms with Gasteiger partial charge in [0.25, 0.3) is 0 Å². The third-order valence-corrected chi connectivity index (χ3v) is 6.40. The van der Waals surface area contributed by atoms with Crippen LogP contribution in [0.2, 0.25) is 0 Å². The van der Waals surface area contributed by atoms with Crippen molar-refractivity contribution in [2.45, 2.75) is 15.3 Å². The second-order valence-corrected chi connectivity index (χ2v) is 8.61. The van der Waals surface area contributed by atoms with Crippen molar-refractivity contribution in [1.29, 1.82) is 0 Å². The van der Waals surface area contributed by atoms with Gasteiger partial charge in [0, 0.05) is 5.33 Å². The van der Waals surface area contributed by atoms with Crippen molar-refractivity contribution in [3.8, 4) is 0 Å². The van der Waals surface area contributed by atoms with Crippen molar-refractivity contribution in [1.82, 2.24) is 0 Å². The summed E-state index contributed by atoms with van der Waals surface area (Å²) >= 11 is 3.55. The van der Waals surface area contributed by atoms with E-state index in [1.54, 1.807) is 0 Å². The van der Waals surface area contributed by atoms with E-state index in [2.05, 4.69) is 76.6 Å². The Labute approximate surface area is 150 Å². The van der Waals surface area contributed by atoms with Gasteiger partial charge in [-0.25, -0.2) is 8.42 Å². The van der Waals surface area contributed by atoms with Crippen molar-refractivity contribution in [2.75, 3.05) is 11.1 Å². The minimum absolute atomic E-state index is 0.202. The van der Waals surface area contributed by atoms with Crippen molar-refractivity contribution >= 4 is 36.9 Å². The second kappa shape index (κ2) is 9.45. The van der Waals surface area contributed by atoms with Gasteiger partial charge in [-0.05, 0) is 24.3 Å². The van der Waals surface area contributed by atoms with Crippen molar-refractivity contribution < 1.29 is 26.1 Å². The van der Waals surface area contributed by atoms with Crippen molar-refractivity contribution in [2.24, 2.45) is 0 Å². The summed E-state index contributed by atoms with van der Waals surface area (Å²) in [7, 11) is -5.89. The van der Waals surface area contributed by atoms with Crippen LogP contribution in [0.1, 0.15) is 0 Å². The van der Waals surface area contributed by atoms with Crippen LogP contribution < -0.4 is 0 Å². The number of benzene rings is 2. The fourth-order valence-corrected chi connectivity index (χ4v) is 4.46. The Morgan fingerprint density at radius 1 is 0.917 bits per heavy atom. The molecule has 0 spiro atoms. The zero-order valence-corrected chi connectivity index (χ0v) is 15.5. The molecule has 2 rings (SSSR count). The highest BCUT2D eigenvalue weighted by atomic mass is 79.9. The first kappa shape index (κ1) is 21.0. The summed E-state index contributed by atoms with van der Waals surface area (Å²) in [5.74, 6) is 1.16. The highest BCUT2D eigenvalue weighted by Crippen LogP contribution is 2.23. The zero-order chi connectivity index (χ0) is 18.2. The van der Waals surface area contributed by atoms with Gasteiger partial charge < -0.3 is 4.55 Å². The molecular formula is C15H14BrF3O3S2. The molecule has 0 aliphatic heterocycles. The van der Waals surface area contributed by atoms with Gasteiger partial charge in [0.2, 0.25) is 0 Å². The molecule has 3 nitrogen and oxygen atoms in total. The summed E-state index contributed by atoms with van der Waals surface area (Å²) < 4.78 is 58.9. The molecule has 0 saturated heterocycles. The van der Waals surface area contributed by atoms with E-state index in [4.69, 9.17) is 13.0 Å². The SMILES string of the molecule is BrCC[S+](c1ccccc1)c1ccccc1.O=S(=O)([O-])C(F)(F)F. The molecule has 0 atom stereocenters. The molecule has 24 heavy (non-hydrogen) atoms. The topological polar surface area (TPSA) is 57.2 Å². The number of alkyl halides is 4. The maximum absolute atomic E-state index is 10.7. The predicted octanol–water partition coefficient (Wildman–Crippen LogP) is 4.17. The van der Waals surface area contributed by atoms with E-state index < -0.39 is 15.6 Å².